The molecule has 0 aromatic heterocycles. The summed E-state index contributed by atoms with van der Waals surface area (Å²) in [5, 5.41) is 17.7. The Labute approximate surface area is 167 Å². The molecule has 27 heavy (non-hydrogen) atoms. The molecule has 142 valence electrons. The van der Waals surface area contributed by atoms with E-state index in [1.54, 1.807) is 37.1 Å². The number of phenols is 1. The summed E-state index contributed by atoms with van der Waals surface area (Å²) >= 11 is 7.92. The van der Waals surface area contributed by atoms with E-state index in [2.05, 4.69) is 12.3 Å². The SMILES string of the molecule is COc1cccc2c1O[C@@H](CCSC)N1N=C(c3cc(Cl)ccc3O)C[C@@H]21. The van der Waals surface area contributed by atoms with E-state index in [-0.39, 0.29) is 18.0 Å². The normalized spacial score (nSPS) is 20.6. The molecule has 0 bridgehead atoms. The van der Waals surface area contributed by atoms with Crippen molar-refractivity contribution in [2.45, 2.75) is 25.1 Å². The first kappa shape index (κ1) is 18.3. The molecular weight excluding hydrogens is 384 g/mol. The fraction of sp³-hybridized carbons (Fsp3) is 0.350. The van der Waals surface area contributed by atoms with Gasteiger partial charge in [0.1, 0.15) is 5.75 Å². The van der Waals surface area contributed by atoms with Gasteiger partial charge in [0.25, 0.3) is 0 Å². The number of nitrogens with zero attached hydrogens (tertiary/aromatic N) is 2. The Bertz CT molecular complexity index is 890. The summed E-state index contributed by atoms with van der Waals surface area (Å²) in [5.41, 5.74) is 2.54. The van der Waals surface area contributed by atoms with Crippen LogP contribution in [0.3, 0.4) is 0 Å². The molecule has 1 N–H and O–H groups in total. The van der Waals surface area contributed by atoms with E-state index >= 15 is 0 Å². The Morgan fingerprint density at radius 1 is 1.37 bits per heavy atom. The lowest BCUT2D eigenvalue weighted by Gasteiger charge is -2.38. The molecule has 4 rings (SSSR count). The molecule has 5 nitrogen and oxygen atoms in total. The summed E-state index contributed by atoms with van der Waals surface area (Å²) in [4.78, 5) is 0. The highest BCUT2D eigenvalue weighted by molar-refractivity contribution is 7.98. The van der Waals surface area contributed by atoms with Crippen LogP contribution in [-0.2, 0) is 0 Å². The lowest BCUT2D eigenvalue weighted by atomic mass is 9.95. The number of hydrogen-bond acceptors (Lipinski definition) is 6. The minimum absolute atomic E-state index is 0.0455. The Kier molecular flexibility index (Phi) is 5.10. The number of aromatic hydroxyl groups is 1. The molecular formula is C20H21ClN2O3S. The summed E-state index contributed by atoms with van der Waals surface area (Å²) < 4.78 is 11.8. The van der Waals surface area contributed by atoms with E-state index in [0.29, 0.717) is 17.0 Å². The maximum atomic E-state index is 10.3. The van der Waals surface area contributed by atoms with Crippen LogP contribution in [-0.4, -0.2) is 41.2 Å². The Hall–Kier alpha value is -2.05. The maximum Gasteiger partial charge on any atom is 0.188 e. The Balaban J connectivity index is 1.75. The van der Waals surface area contributed by atoms with Gasteiger partial charge < -0.3 is 14.6 Å². The smallest absolute Gasteiger partial charge is 0.188 e. The molecule has 0 amide bonds. The van der Waals surface area contributed by atoms with Gasteiger partial charge in [-0.25, -0.2) is 0 Å². The van der Waals surface area contributed by atoms with Crippen LogP contribution in [0.2, 0.25) is 5.02 Å². The van der Waals surface area contributed by atoms with E-state index in [4.69, 9.17) is 26.2 Å². The number of ether oxygens (including phenoxy) is 2. The molecule has 2 aliphatic heterocycles. The molecule has 2 aromatic rings. The number of phenolic OH excluding ortho intramolecular Hbond substituents is 1. The summed E-state index contributed by atoms with van der Waals surface area (Å²) in [5.74, 6) is 2.68. The standard InChI is InChI=1S/C20H21ClN2O3S/c1-25-18-5-3-4-13-16-11-15(14-10-12(21)6-7-17(14)24)22-23(16)19(8-9-27-2)26-20(13)18/h3-7,10,16,19,24H,8-9,11H2,1-2H3/t16-,19-/m0/s1. The number of para-hydroxylation sites is 1. The van der Waals surface area contributed by atoms with Gasteiger partial charge in [0.15, 0.2) is 17.7 Å². The van der Waals surface area contributed by atoms with Crippen molar-refractivity contribution >= 4 is 29.1 Å². The highest BCUT2D eigenvalue weighted by atomic mass is 35.5. The highest BCUT2D eigenvalue weighted by Crippen LogP contribution is 2.48. The van der Waals surface area contributed by atoms with Crippen molar-refractivity contribution in [2.24, 2.45) is 5.10 Å². The molecule has 7 heteroatoms. The second kappa shape index (κ2) is 7.52. The first-order valence-electron chi connectivity index (χ1n) is 8.79. The van der Waals surface area contributed by atoms with Gasteiger partial charge in [0.2, 0.25) is 0 Å². The van der Waals surface area contributed by atoms with Crippen LogP contribution in [0.25, 0.3) is 0 Å². The zero-order chi connectivity index (χ0) is 19.0. The minimum atomic E-state index is -0.176. The lowest BCUT2D eigenvalue weighted by Crippen LogP contribution is -2.40. The quantitative estimate of drug-likeness (QED) is 0.784. The maximum absolute atomic E-state index is 10.3. The number of thioether (sulfide) groups is 1. The van der Waals surface area contributed by atoms with Crippen molar-refractivity contribution in [2.75, 3.05) is 19.1 Å². The molecule has 0 radical (unpaired) electrons. The first-order chi connectivity index (χ1) is 13.1. The van der Waals surface area contributed by atoms with Gasteiger partial charge in [-0.15, -0.1) is 0 Å². The predicted octanol–water partition coefficient (Wildman–Crippen LogP) is 4.68. The fourth-order valence-corrected chi connectivity index (χ4v) is 4.24. The third-order valence-electron chi connectivity index (χ3n) is 4.92. The molecule has 2 aliphatic rings. The topological polar surface area (TPSA) is 54.3 Å². The summed E-state index contributed by atoms with van der Waals surface area (Å²) in [7, 11) is 1.66. The van der Waals surface area contributed by atoms with Gasteiger partial charge >= 0.3 is 0 Å². The minimum Gasteiger partial charge on any atom is -0.507 e. The van der Waals surface area contributed by atoms with E-state index in [1.165, 1.54) is 0 Å². The molecule has 0 unspecified atom stereocenters. The van der Waals surface area contributed by atoms with Crippen LogP contribution in [0, 0.1) is 0 Å². The lowest BCUT2D eigenvalue weighted by molar-refractivity contribution is -0.0198. The molecule has 2 aromatic carbocycles. The zero-order valence-electron chi connectivity index (χ0n) is 15.2. The van der Waals surface area contributed by atoms with Crippen molar-refractivity contribution in [3.05, 3.63) is 52.5 Å². The molecule has 2 atom stereocenters. The monoisotopic (exact) mass is 404 g/mol. The predicted molar refractivity (Wildman–Crippen MR) is 109 cm³/mol. The molecule has 0 aliphatic carbocycles. The number of hydrogen-bond donors (Lipinski definition) is 1. The number of benzene rings is 2. The van der Waals surface area contributed by atoms with Crippen LogP contribution < -0.4 is 9.47 Å². The van der Waals surface area contributed by atoms with Gasteiger partial charge in [-0.05, 0) is 36.3 Å². The van der Waals surface area contributed by atoms with Gasteiger partial charge in [-0.1, -0.05) is 23.7 Å². The largest absolute Gasteiger partial charge is 0.507 e. The van der Waals surface area contributed by atoms with Gasteiger partial charge in [0, 0.05) is 29.0 Å². The van der Waals surface area contributed by atoms with Crippen LogP contribution in [0.5, 0.6) is 17.2 Å². The van der Waals surface area contributed by atoms with Crippen molar-refractivity contribution in [3.8, 4) is 17.2 Å². The summed E-state index contributed by atoms with van der Waals surface area (Å²) in [6, 6.07) is 11.0. The first-order valence-corrected chi connectivity index (χ1v) is 10.6. The number of rotatable bonds is 5. The van der Waals surface area contributed by atoms with Crippen molar-refractivity contribution in [1.29, 1.82) is 0 Å². The highest BCUT2D eigenvalue weighted by Gasteiger charge is 2.41. The summed E-state index contributed by atoms with van der Waals surface area (Å²) in [6.45, 7) is 0. The second-order valence-corrected chi connectivity index (χ2v) is 7.96. The number of halogens is 1. The zero-order valence-corrected chi connectivity index (χ0v) is 16.8. The van der Waals surface area contributed by atoms with Crippen LogP contribution in [0.15, 0.2) is 41.5 Å². The van der Waals surface area contributed by atoms with Crippen LogP contribution in [0.4, 0.5) is 0 Å². The van der Waals surface area contributed by atoms with Crippen molar-refractivity contribution in [3.63, 3.8) is 0 Å². The van der Waals surface area contributed by atoms with Crippen LogP contribution >= 0.6 is 23.4 Å². The van der Waals surface area contributed by atoms with Crippen LogP contribution in [0.1, 0.15) is 30.0 Å². The third kappa shape index (κ3) is 3.32. The average Bonchev–Trinajstić information content (AvgIpc) is 3.13. The van der Waals surface area contributed by atoms with Gasteiger partial charge in [-0.3, -0.25) is 5.01 Å². The second-order valence-electron chi connectivity index (χ2n) is 6.54. The average molecular weight is 405 g/mol. The van der Waals surface area contributed by atoms with Gasteiger partial charge in [0.05, 0.1) is 18.9 Å². The van der Waals surface area contributed by atoms with Crippen molar-refractivity contribution < 1.29 is 14.6 Å². The van der Waals surface area contributed by atoms with Gasteiger partial charge in [-0.2, -0.15) is 16.9 Å². The number of fused-ring (bicyclic) bond motifs is 3. The molecule has 2 heterocycles. The van der Waals surface area contributed by atoms with E-state index in [0.717, 1.165) is 34.9 Å². The Morgan fingerprint density at radius 3 is 3.00 bits per heavy atom. The third-order valence-corrected chi connectivity index (χ3v) is 5.80. The summed E-state index contributed by atoms with van der Waals surface area (Å²) in [6.07, 6.45) is 3.42. The number of methoxy groups -OCH3 is 1. The number of hydrazone groups is 1. The molecule has 0 saturated heterocycles. The van der Waals surface area contributed by atoms with E-state index < -0.39 is 0 Å². The Morgan fingerprint density at radius 2 is 2.22 bits per heavy atom. The van der Waals surface area contributed by atoms with E-state index in [9.17, 15) is 5.11 Å². The molecule has 0 fully saturated rings. The molecule has 0 spiro atoms. The van der Waals surface area contributed by atoms with E-state index in [1.807, 2.05) is 17.1 Å². The fourth-order valence-electron chi connectivity index (χ4n) is 3.63. The van der Waals surface area contributed by atoms with Crippen molar-refractivity contribution in [1.82, 2.24) is 5.01 Å². The molecule has 0 saturated carbocycles.